The monoisotopic (exact) mass is 330 g/mol. The van der Waals surface area contributed by atoms with Crippen molar-refractivity contribution in [3.63, 3.8) is 0 Å². The van der Waals surface area contributed by atoms with Crippen LogP contribution in [0.2, 0.25) is 0 Å². The Morgan fingerprint density at radius 2 is 1.32 bits per heavy atom. The average Bonchev–Trinajstić information content (AvgIpc) is 2.69. The van der Waals surface area contributed by atoms with Crippen molar-refractivity contribution in [3.8, 4) is 22.3 Å². The van der Waals surface area contributed by atoms with Gasteiger partial charge in [-0.3, -0.25) is 0 Å². The summed E-state index contributed by atoms with van der Waals surface area (Å²) in [6.45, 7) is 0. The normalized spacial score (nSPS) is 15.2. The van der Waals surface area contributed by atoms with Gasteiger partial charge >= 0.3 is 0 Å². The molecular formula is C24H23F. The third-order valence-electron chi connectivity index (χ3n) is 5.37. The van der Waals surface area contributed by atoms with Crippen LogP contribution in [0.15, 0.2) is 72.8 Å². The summed E-state index contributed by atoms with van der Waals surface area (Å²) in [5, 5.41) is 0. The fourth-order valence-electron chi connectivity index (χ4n) is 3.93. The van der Waals surface area contributed by atoms with Crippen LogP contribution in [0.1, 0.15) is 43.6 Å². The van der Waals surface area contributed by atoms with Crippen molar-refractivity contribution in [1.29, 1.82) is 0 Å². The van der Waals surface area contributed by atoms with Gasteiger partial charge in [0.05, 0.1) is 0 Å². The summed E-state index contributed by atoms with van der Waals surface area (Å²) in [6.07, 6.45) is 6.68. The van der Waals surface area contributed by atoms with Gasteiger partial charge in [-0.25, -0.2) is 4.39 Å². The first-order valence-electron chi connectivity index (χ1n) is 9.26. The van der Waals surface area contributed by atoms with Crippen LogP contribution in [-0.4, -0.2) is 0 Å². The third kappa shape index (κ3) is 3.51. The molecule has 0 aliphatic heterocycles. The molecule has 1 aliphatic carbocycles. The standard InChI is InChI=1S/C24H23F/c25-24-17-22(15-16-23(24)21-9-5-2-6-10-21)20-13-11-19(12-14-20)18-7-3-1-4-8-18/h2,5-6,9-18H,1,3-4,7-8H2. The summed E-state index contributed by atoms with van der Waals surface area (Å²) < 4.78 is 14.6. The van der Waals surface area contributed by atoms with Crippen molar-refractivity contribution in [1.82, 2.24) is 0 Å². The Kier molecular flexibility index (Phi) is 4.65. The second-order valence-electron chi connectivity index (χ2n) is 7.02. The Bertz CT molecular complexity index is 828. The molecular weight excluding hydrogens is 307 g/mol. The van der Waals surface area contributed by atoms with E-state index < -0.39 is 0 Å². The van der Waals surface area contributed by atoms with Gasteiger partial charge in [-0.1, -0.05) is 86.0 Å². The molecule has 0 saturated heterocycles. The minimum absolute atomic E-state index is 0.167. The lowest BCUT2D eigenvalue weighted by Crippen LogP contribution is -2.04. The maximum absolute atomic E-state index is 14.6. The van der Waals surface area contributed by atoms with Gasteiger partial charge in [0, 0.05) is 5.56 Å². The zero-order chi connectivity index (χ0) is 17.1. The minimum Gasteiger partial charge on any atom is -0.206 e. The first-order valence-corrected chi connectivity index (χ1v) is 9.26. The van der Waals surface area contributed by atoms with Crippen LogP contribution in [0.4, 0.5) is 4.39 Å². The van der Waals surface area contributed by atoms with Gasteiger partial charge in [-0.2, -0.15) is 0 Å². The Balaban J connectivity index is 1.58. The summed E-state index contributed by atoms with van der Waals surface area (Å²) in [5.41, 5.74) is 5.03. The molecule has 0 nitrogen and oxygen atoms in total. The van der Waals surface area contributed by atoms with Crippen molar-refractivity contribution < 1.29 is 4.39 Å². The molecule has 0 aromatic heterocycles. The van der Waals surface area contributed by atoms with Gasteiger partial charge in [-0.05, 0) is 47.1 Å². The molecule has 4 rings (SSSR count). The Morgan fingerprint density at radius 3 is 2.00 bits per heavy atom. The molecule has 1 heteroatoms. The lowest BCUT2D eigenvalue weighted by atomic mass is 9.83. The highest BCUT2D eigenvalue weighted by Gasteiger charge is 2.15. The Labute approximate surface area is 149 Å². The molecule has 0 unspecified atom stereocenters. The largest absolute Gasteiger partial charge is 0.206 e. The summed E-state index contributed by atoms with van der Waals surface area (Å²) in [6, 6.07) is 24.0. The van der Waals surface area contributed by atoms with Gasteiger partial charge in [0.1, 0.15) is 5.82 Å². The van der Waals surface area contributed by atoms with Crippen LogP contribution in [0.3, 0.4) is 0 Å². The lowest BCUT2D eigenvalue weighted by molar-refractivity contribution is 0.443. The number of hydrogen-bond donors (Lipinski definition) is 0. The average molecular weight is 330 g/mol. The molecule has 1 saturated carbocycles. The van der Waals surface area contributed by atoms with Gasteiger partial charge in [0.2, 0.25) is 0 Å². The molecule has 0 spiro atoms. The van der Waals surface area contributed by atoms with Gasteiger partial charge < -0.3 is 0 Å². The smallest absolute Gasteiger partial charge is 0.131 e. The molecule has 0 radical (unpaired) electrons. The molecule has 3 aromatic rings. The van der Waals surface area contributed by atoms with E-state index >= 15 is 0 Å². The van der Waals surface area contributed by atoms with E-state index in [1.54, 1.807) is 6.07 Å². The number of halogens is 1. The minimum atomic E-state index is -0.167. The highest BCUT2D eigenvalue weighted by Crippen LogP contribution is 2.34. The topological polar surface area (TPSA) is 0 Å². The van der Waals surface area contributed by atoms with Crippen molar-refractivity contribution in [2.45, 2.75) is 38.0 Å². The first-order chi connectivity index (χ1) is 12.3. The van der Waals surface area contributed by atoms with Crippen LogP contribution in [0.25, 0.3) is 22.3 Å². The van der Waals surface area contributed by atoms with E-state index in [1.807, 2.05) is 42.5 Å². The van der Waals surface area contributed by atoms with E-state index in [0.717, 1.165) is 16.7 Å². The molecule has 0 atom stereocenters. The van der Waals surface area contributed by atoms with Crippen molar-refractivity contribution in [2.24, 2.45) is 0 Å². The fourth-order valence-corrected chi connectivity index (χ4v) is 3.93. The molecule has 25 heavy (non-hydrogen) atoms. The molecule has 1 aliphatic rings. The second-order valence-corrected chi connectivity index (χ2v) is 7.02. The van der Waals surface area contributed by atoms with Crippen molar-refractivity contribution in [3.05, 3.63) is 84.2 Å². The third-order valence-corrected chi connectivity index (χ3v) is 5.37. The van der Waals surface area contributed by atoms with Crippen LogP contribution in [0, 0.1) is 5.82 Å². The Hall–Kier alpha value is -2.41. The van der Waals surface area contributed by atoms with Crippen molar-refractivity contribution >= 4 is 0 Å². The van der Waals surface area contributed by atoms with Gasteiger partial charge in [0.15, 0.2) is 0 Å². The predicted molar refractivity (Wildman–Crippen MR) is 103 cm³/mol. The van der Waals surface area contributed by atoms with Gasteiger partial charge in [-0.15, -0.1) is 0 Å². The molecule has 0 amide bonds. The van der Waals surface area contributed by atoms with E-state index in [1.165, 1.54) is 37.7 Å². The van der Waals surface area contributed by atoms with E-state index in [2.05, 4.69) is 24.3 Å². The van der Waals surface area contributed by atoms with Crippen molar-refractivity contribution in [2.75, 3.05) is 0 Å². The zero-order valence-electron chi connectivity index (χ0n) is 14.4. The van der Waals surface area contributed by atoms with Gasteiger partial charge in [0.25, 0.3) is 0 Å². The number of hydrogen-bond acceptors (Lipinski definition) is 0. The summed E-state index contributed by atoms with van der Waals surface area (Å²) in [7, 11) is 0. The van der Waals surface area contributed by atoms with E-state index in [9.17, 15) is 4.39 Å². The summed E-state index contributed by atoms with van der Waals surface area (Å²) >= 11 is 0. The van der Waals surface area contributed by atoms with E-state index in [4.69, 9.17) is 0 Å². The van der Waals surface area contributed by atoms with Crippen LogP contribution >= 0.6 is 0 Å². The number of rotatable bonds is 3. The Morgan fingerprint density at radius 1 is 0.640 bits per heavy atom. The molecule has 3 aromatic carbocycles. The predicted octanol–water partition coefficient (Wildman–Crippen LogP) is 7.21. The van der Waals surface area contributed by atoms with Crippen LogP contribution in [-0.2, 0) is 0 Å². The highest BCUT2D eigenvalue weighted by atomic mass is 19.1. The molecule has 1 fully saturated rings. The van der Waals surface area contributed by atoms with E-state index in [-0.39, 0.29) is 5.82 Å². The number of benzene rings is 3. The molecule has 0 bridgehead atoms. The molecule has 0 N–H and O–H groups in total. The van der Waals surface area contributed by atoms with Crippen LogP contribution < -0.4 is 0 Å². The SMILES string of the molecule is Fc1cc(-c2ccc(C3CCCCC3)cc2)ccc1-c1ccccc1. The summed E-state index contributed by atoms with van der Waals surface area (Å²) in [4.78, 5) is 0. The maximum Gasteiger partial charge on any atom is 0.131 e. The maximum atomic E-state index is 14.6. The van der Waals surface area contributed by atoms with E-state index in [0.29, 0.717) is 11.5 Å². The molecule has 126 valence electrons. The quantitative estimate of drug-likeness (QED) is 0.476. The molecule has 0 heterocycles. The second kappa shape index (κ2) is 7.23. The lowest BCUT2D eigenvalue weighted by Gasteiger charge is -2.22. The van der Waals surface area contributed by atoms with Crippen LogP contribution in [0.5, 0.6) is 0 Å². The highest BCUT2D eigenvalue weighted by molar-refractivity contribution is 5.71. The zero-order valence-corrected chi connectivity index (χ0v) is 14.4. The summed E-state index contributed by atoms with van der Waals surface area (Å²) in [5.74, 6) is 0.542. The fraction of sp³-hybridized carbons (Fsp3) is 0.250. The first kappa shape index (κ1) is 16.1.